The van der Waals surface area contributed by atoms with E-state index in [4.69, 9.17) is 15.7 Å². The molecule has 0 aliphatic carbocycles. The van der Waals surface area contributed by atoms with Gasteiger partial charge in [0, 0.05) is 11.6 Å². The van der Waals surface area contributed by atoms with Gasteiger partial charge in [-0.3, -0.25) is 10.1 Å². The average molecular weight is 261 g/mol. The number of rotatable bonds is 5. The molecule has 1 rings (SSSR count). The van der Waals surface area contributed by atoms with E-state index in [1.807, 2.05) is 13.0 Å². The lowest BCUT2D eigenvalue weighted by Crippen LogP contribution is -2.05. The molecule has 0 atom stereocenters. The summed E-state index contributed by atoms with van der Waals surface area (Å²) < 4.78 is 5.07. The molecule has 0 bridgehead atoms. The van der Waals surface area contributed by atoms with Crippen LogP contribution in [0.1, 0.15) is 25.3 Å². The molecule has 100 valence electrons. The summed E-state index contributed by atoms with van der Waals surface area (Å²) >= 11 is 0. The highest BCUT2D eigenvalue weighted by molar-refractivity contribution is 5.76. The molecule has 0 unspecified atom stereocenters. The molecule has 0 heterocycles. The molecule has 0 amide bonds. The predicted octanol–water partition coefficient (Wildman–Crippen LogP) is 2.60. The Labute approximate surface area is 111 Å². The lowest BCUT2D eigenvalue weighted by atomic mass is 10.0. The number of nitrogens with two attached hydrogens (primary N) is 1. The molecule has 0 aliphatic heterocycles. The lowest BCUT2D eigenvalue weighted by molar-refractivity contribution is -0.385. The Morgan fingerprint density at radius 2 is 2.26 bits per heavy atom. The number of nitriles is 1. The maximum atomic E-state index is 10.9. The summed E-state index contributed by atoms with van der Waals surface area (Å²) in [5, 5.41) is 20.0. The van der Waals surface area contributed by atoms with Crippen LogP contribution in [0.2, 0.25) is 0 Å². The van der Waals surface area contributed by atoms with Gasteiger partial charge in [0.2, 0.25) is 5.75 Å². The maximum absolute atomic E-state index is 10.9. The fraction of sp³-hybridized carbons (Fsp3) is 0.308. The van der Waals surface area contributed by atoms with Gasteiger partial charge in [-0.1, -0.05) is 19.4 Å². The number of nitro benzene ring substituents is 1. The molecule has 0 saturated heterocycles. The monoisotopic (exact) mass is 261 g/mol. The first-order valence-electron chi connectivity index (χ1n) is 5.77. The van der Waals surface area contributed by atoms with Gasteiger partial charge in [0.15, 0.2) is 0 Å². The molecule has 1 aromatic carbocycles. The first kappa shape index (κ1) is 14.5. The van der Waals surface area contributed by atoms with Crippen molar-refractivity contribution in [2.75, 3.05) is 7.11 Å². The summed E-state index contributed by atoms with van der Waals surface area (Å²) in [4.78, 5) is 10.4. The van der Waals surface area contributed by atoms with Gasteiger partial charge in [0.1, 0.15) is 0 Å². The van der Waals surface area contributed by atoms with Crippen LogP contribution in [-0.4, -0.2) is 12.0 Å². The van der Waals surface area contributed by atoms with Gasteiger partial charge < -0.3 is 10.5 Å². The summed E-state index contributed by atoms with van der Waals surface area (Å²) in [7, 11) is 1.34. The zero-order valence-electron chi connectivity index (χ0n) is 10.8. The van der Waals surface area contributed by atoms with Gasteiger partial charge in [-0.05, 0) is 12.5 Å². The first-order valence-corrected chi connectivity index (χ1v) is 5.77. The van der Waals surface area contributed by atoms with E-state index in [0.717, 1.165) is 6.42 Å². The van der Waals surface area contributed by atoms with Crippen LogP contribution >= 0.6 is 0 Å². The van der Waals surface area contributed by atoms with Crippen LogP contribution in [0.5, 0.6) is 5.75 Å². The molecule has 0 radical (unpaired) electrons. The number of allylic oxidation sites excluding steroid dienone is 1. The molecule has 2 N–H and O–H groups in total. The number of nitrogens with zero attached hydrogens (tertiary/aromatic N) is 2. The lowest BCUT2D eigenvalue weighted by Gasteiger charge is -2.10. The molecule has 0 fully saturated rings. The van der Waals surface area contributed by atoms with Crippen molar-refractivity contribution in [1.29, 1.82) is 5.26 Å². The van der Waals surface area contributed by atoms with Crippen LogP contribution in [0.25, 0.3) is 5.70 Å². The normalized spacial score (nSPS) is 11.4. The van der Waals surface area contributed by atoms with Crippen molar-refractivity contribution in [3.8, 4) is 11.8 Å². The third kappa shape index (κ3) is 3.01. The van der Waals surface area contributed by atoms with E-state index < -0.39 is 4.92 Å². The van der Waals surface area contributed by atoms with Crippen molar-refractivity contribution in [1.82, 2.24) is 0 Å². The summed E-state index contributed by atoms with van der Waals surface area (Å²) in [6.45, 7) is 1.93. The van der Waals surface area contributed by atoms with E-state index >= 15 is 0 Å². The minimum atomic E-state index is -0.540. The van der Waals surface area contributed by atoms with Gasteiger partial charge >= 0.3 is 5.69 Å². The minimum Gasteiger partial charge on any atom is -0.490 e. The standard InChI is InChI=1S/C13H15N3O3/c1-3-5-9(8-14)12(15)10-6-4-7-11(16(17)18)13(10)19-2/h4,6-7H,3,5,15H2,1-2H3/b12-9-. The molecule has 0 aromatic heterocycles. The first-order chi connectivity index (χ1) is 9.06. The molecule has 0 aliphatic rings. The van der Waals surface area contributed by atoms with Crippen LogP contribution in [0, 0.1) is 21.4 Å². The average Bonchev–Trinajstić information content (AvgIpc) is 2.42. The Bertz CT molecular complexity index is 559. The van der Waals surface area contributed by atoms with Gasteiger partial charge in [0.05, 0.1) is 29.4 Å². The highest BCUT2D eigenvalue weighted by Gasteiger charge is 2.20. The molecule has 6 nitrogen and oxygen atoms in total. The zero-order chi connectivity index (χ0) is 14.4. The largest absolute Gasteiger partial charge is 0.490 e. The van der Waals surface area contributed by atoms with Crippen LogP contribution in [0.4, 0.5) is 5.69 Å². The van der Waals surface area contributed by atoms with Gasteiger partial charge in [-0.2, -0.15) is 5.26 Å². The summed E-state index contributed by atoms with van der Waals surface area (Å²) in [5.41, 5.74) is 6.77. The Morgan fingerprint density at radius 1 is 1.58 bits per heavy atom. The summed E-state index contributed by atoms with van der Waals surface area (Å²) in [5.74, 6) is 0.0776. The molecule has 0 spiro atoms. The predicted molar refractivity (Wildman–Crippen MR) is 71.3 cm³/mol. The molecule has 0 saturated carbocycles. The Balaban J connectivity index is 3.47. The molecular weight excluding hydrogens is 246 g/mol. The molecule has 1 aromatic rings. The van der Waals surface area contributed by atoms with Crippen molar-refractivity contribution in [3.63, 3.8) is 0 Å². The van der Waals surface area contributed by atoms with E-state index in [-0.39, 0.29) is 17.1 Å². The molecular formula is C13H15N3O3. The number of hydrogen-bond donors (Lipinski definition) is 1. The van der Waals surface area contributed by atoms with Gasteiger partial charge in [-0.15, -0.1) is 0 Å². The molecule has 6 heteroatoms. The van der Waals surface area contributed by atoms with E-state index in [1.165, 1.54) is 19.2 Å². The van der Waals surface area contributed by atoms with Crippen LogP contribution in [-0.2, 0) is 0 Å². The third-order valence-corrected chi connectivity index (χ3v) is 2.65. The fourth-order valence-corrected chi connectivity index (χ4v) is 1.76. The second-order valence-corrected chi connectivity index (χ2v) is 3.87. The maximum Gasteiger partial charge on any atom is 0.311 e. The second-order valence-electron chi connectivity index (χ2n) is 3.87. The number of ether oxygens (including phenoxy) is 1. The van der Waals surface area contributed by atoms with E-state index in [0.29, 0.717) is 17.6 Å². The topological polar surface area (TPSA) is 102 Å². The van der Waals surface area contributed by atoms with Crippen LogP contribution < -0.4 is 10.5 Å². The summed E-state index contributed by atoms with van der Waals surface area (Å²) in [6.07, 6.45) is 1.29. The highest BCUT2D eigenvalue weighted by atomic mass is 16.6. The Kier molecular flexibility index (Phi) is 4.89. The van der Waals surface area contributed by atoms with Crippen molar-refractivity contribution >= 4 is 11.4 Å². The second kappa shape index (κ2) is 6.40. The van der Waals surface area contributed by atoms with E-state index in [1.54, 1.807) is 6.07 Å². The van der Waals surface area contributed by atoms with Gasteiger partial charge in [0.25, 0.3) is 0 Å². The number of hydrogen-bond acceptors (Lipinski definition) is 5. The van der Waals surface area contributed by atoms with Crippen molar-refractivity contribution in [3.05, 3.63) is 39.4 Å². The Hall–Kier alpha value is -2.55. The van der Waals surface area contributed by atoms with Crippen molar-refractivity contribution < 1.29 is 9.66 Å². The van der Waals surface area contributed by atoms with Crippen LogP contribution in [0.15, 0.2) is 23.8 Å². The van der Waals surface area contributed by atoms with Crippen molar-refractivity contribution in [2.24, 2.45) is 5.73 Å². The fourth-order valence-electron chi connectivity index (χ4n) is 1.76. The van der Waals surface area contributed by atoms with E-state index in [9.17, 15) is 10.1 Å². The zero-order valence-corrected chi connectivity index (χ0v) is 10.8. The van der Waals surface area contributed by atoms with E-state index in [2.05, 4.69) is 0 Å². The number of methoxy groups -OCH3 is 1. The minimum absolute atomic E-state index is 0.0776. The number of para-hydroxylation sites is 1. The number of nitro groups is 1. The Morgan fingerprint density at radius 3 is 2.74 bits per heavy atom. The molecule has 19 heavy (non-hydrogen) atoms. The van der Waals surface area contributed by atoms with Gasteiger partial charge in [-0.25, -0.2) is 0 Å². The summed E-state index contributed by atoms with van der Waals surface area (Å²) in [6, 6.07) is 6.49. The van der Waals surface area contributed by atoms with Crippen LogP contribution in [0.3, 0.4) is 0 Å². The number of benzene rings is 1. The third-order valence-electron chi connectivity index (χ3n) is 2.65. The highest BCUT2D eigenvalue weighted by Crippen LogP contribution is 2.34. The smallest absolute Gasteiger partial charge is 0.311 e. The quantitative estimate of drug-likeness (QED) is 0.498. The SMILES string of the molecule is CCC/C(C#N)=C(/N)c1cccc([N+](=O)[O-])c1OC. The van der Waals surface area contributed by atoms with Crippen molar-refractivity contribution in [2.45, 2.75) is 19.8 Å².